The van der Waals surface area contributed by atoms with Gasteiger partial charge >= 0.3 is 17.9 Å². The summed E-state index contributed by atoms with van der Waals surface area (Å²) in [5, 5.41) is 0. The Hall–Kier alpha value is -2.37. The summed E-state index contributed by atoms with van der Waals surface area (Å²) in [6.45, 7) is 6.64. The van der Waals surface area contributed by atoms with Crippen molar-refractivity contribution in [3.63, 3.8) is 0 Å². The Morgan fingerprint density at radius 1 is 0.299 bits per heavy atom. The van der Waals surface area contributed by atoms with Crippen LogP contribution in [0, 0.1) is 0 Å². The third-order valence-electron chi connectivity index (χ3n) is 13.1. The summed E-state index contributed by atoms with van der Waals surface area (Å²) in [5.74, 6) is -0.878. The lowest BCUT2D eigenvalue weighted by Crippen LogP contribution is -2.30. The molecule has 6 nitrogen and oxygen atoms in total. The number of esters is 3. The highest BCUT2D eigenvalue weighted by molar-refractivity contribution is 5.71. The molecule has 0 saturated heterocycles. The van der Waals surface area contributed by atoms with E-state index in [4.69, 9.17) is 14.2 Å². The zero-order chi connectivity index (χ0) is 48.6. The van der Waals surface area contributed by atoms with E-state index in [2.05, 4.69) is 57.2 Å². The molecule has 0 aliphatic heterocycles. The van der Waals surface area contributed by atoms with Gasteiger partial charge in [0.05, 0.1) is 0 Å². The lowest BCUT2D eigenvalue weighted by molar-refractivity contribution is -0.167. The van der Waals surface area contributed by atoms with Crippen LogP contribution in [0.15, 0.2) is 36.5 Å². The molecule has 0 aliphatic rings. The monoisotopic (exact) mass is 941 g/mol. The highest BCUT2D eigenvalue weighted by Crippen LogP contribution is 2.17. The second-order valence-electron chi connectivity index (χ2n) is 19.9. The van der Waals surface area contributed by atoms with Gasteiger partial charge in [-0.15, -0.1) is 0 Å². The van der Waals surface area contributed by atoms with Crippen molar-refractivity contribution in [3.8, 4) is 0 Å². The van der Waals surface area contributed by atoms with Crippen molar-refractivity contribution in [2.45, 2.75) is 322 Å². The molecular formula is C61H112O6. The van der Waals surface area contributed by atoms with Crippen molar-refractivity contribution in [2.75, 3.05) is 13.2 Å². The van der Waals surface area contributed by atoms with Gasteiger partial charge in [0.1, 0.15) is 13.2 Å². The summed E-state index contributed by atoms with van der Waals surface area (Å²) >= 11 is 0. The van der Waals surface area contributed by atoms with Crippen LogP contribution in [-0.4, -0.2) is 37.2 Å². The SMILES string of the molecule is CCCCC/C=C/C/C=C/C/C=C/CCCCCCC(=O)O[C@H](COC(=O)CCCCCCCCCCCCCCC)COC(=O)CCCCCCCCCCCCCCCCCCCCC. The van der Waals surface area contributed by atoms with Crippen molar-refractivity contribution >= 4 is 17.9 Å². The number of carbonyl (C=O) groups is 3. The molecular weight excluding hydrogens is 829 g/mol. The Balaban J connectivity index is 4.34. The summed E-state index contributed by atoms with van der Waals surface area (Å²) in [6, 6.07) is 0. The maximum atomic E-state index is 12.8. The average molecular weight is 942 g/mol. The Labute approximate surface area is 416 Å². The fourth-order valence-electron chi connectivity index (χ4n) is 8.69. The molecule has 0 bridgehead atoms. The standard InChI is InChI=1S/C61H112O6/c1-4-7-10-13-16-19-22-25-27-29-30-32-33-36-39-42-45-48-51-54-60(63)66-57-58(56-65-59(62)53-50-47-44-41-38-35-24-21-18-15-12-9-6-3)67-61(64)55-52-49-46-43-40-37-34-31-28-26-23-20-17-14-11-8-5-2/h17,20,26,28,34,37,58H,4-16,18-19,21-25,27,29-33,35-36,38-57H2,1-3H3/b20-17+,28-26+,37-34+/t58-/m1/s1. The van der Waals surface area contributed by atoms with Crippen LogP contribution < -0.4 is 0 Å². The van der Waals surface area contributed by atoms with Gasteiger partial charge < -0.3 is 14.2 Å². The zero-order valence-electron chi connectivity index (χ0n) is 44.9. The molecule has 0 heterocycles. The number of hydrogen-bond acceptors (Lipinski definition) is 6. The molecule has 0 aliphatic carbocycles. The van der Waals surface area contributed by atoms with Crippen LogP contribution in [0.2, 0.25) is 0 Å². The second-order valence-corrected chi connectivity index (χ2v) is 19.9. The van der Waals surface area contributed by atoms with Crippen molar-refractivity contribution < 1.29 is 28.6 Å². The normalized spacial score (nSPS) is 12.2. The Bertz CT molecular complexity index is 1130. The smallest absolute Gasteiger partial charge is 0.306 e. The Morgan fingerprint density at radius 3 is 0.866 bits per heavy atom. The Morgan fingerprint density at radius 2 is 0.537 bits per heavy atom. The van der Waals surface area contributed by atoms with Gasteiger partial charge in [-0.3, -0.25) is 14.4 Å². The minimum atomic E-state index is -0.779. The molecule has 0 spiro atoms. The van der Waals surface area contributed by atoms with E-state index in [1.165, 1.54) is 193 Å². The van der Waals surface area contributed by atoms with Crippen molar-refractivity contribution in [1.29, 1.82) is 0 Å². The first-order chi connectivity index (χ1) is 33.0. The van der Waals surface area contributed by atoms with E-state index in [0.29, 0.717) is 19.3 Å². The van der Waals surface area contributed by atoms with Crippen LogP contribution in [-0.2, 0) is 28.6 Å². The number of hydrogen-bond donors (Lipinski definition) is 0. The maximum absolute atomic E-state index is 12.8. The molecule has 1 atom stereocenters. The topological polar surface area (TPSA) is 78.9 Å². The first-order valence-electron chi connectivity index (χ1n) is 29.5. The van der Waals surface area contributed by atoms with Gasteiger partial charge in [0.25, 0.3) is 0 Å². The van der Waals surface area contributed by atoms with Gasteiger partial charge in [-0.05, 0) is 57.8 Å². The van der Waals surface area contributed by atoms with E-state index >= 15 is 0 Å². The average Bonchev–Trinajstić information content (AvgIpc) is 3.33. The molecule has 0 saturated carbocycles. The number of ether oxygens (including phenoxy) is 3. The predicted octanol–water partition coefficient (Wildman–Crippen LogP) is 19.7. The van der Waals surface area contributed by atoms with Gasteiger partial charge in [0.2, 0.25) is 0 Å². The molecule has 0 N–H and O–H groups in total. The van der Waals surface area contributed by atoms with E-state index in [1.807, 2.05) is 0 Å². The summed E-state index contributed by atoms with van der Waals surface area (Å²) in [4.78, 5) is 38.2. The summed E-state index contributed by atoms with van der Waals surface area (Å²) in [6.07, 6.45) is 67.0. The van der Waals surface area contributed by atoms with E-state index in [9.17, 15) is 14.4 Å². The number of rotatable bonds is 54. The van der Waals surface area contributed by atoms with Crippen LogP contribution in [0.1, 0.15) is 316 Å². The highest BCUT2D eigenvalue weighted by Gasteiger charge is 2.19. The number of carbonyl (C=O) groups excluding carboxylic acids is 3. The molecule has 392 valence electrons. The molecule has 0 aromatic rings. The van der Waals surface area contributed by atoms with Crippen molar-refractivity contribution in [2.24, 2.45) is 0 Å². The van der Waals surface area contributed by atoms with Gasteiger partial charge in [-0.25, -0.2) is 0 Å². The van der Waals surface area contributed by atoms with Gasteiger partial charge in [0.15, 0.2) is 6.10 Å². The minimum absolute atomic E-state index is 0.0764. The lowest BCUT2D eigenvalue weighted by Gasteiger charge is -2.18. The summed E-state index contributed by atoms with van der Waals surface area (Å²) in [5.41, 5.74) is 0. The van der Waals surface area contributed by atoms with Gasteiger partial charge in [-0.2, -0.15) is 0 Å². The second kappa shape index (κ2) is 56.2. The molecule has 6 heteroatoms. The summed E-state index contributed by atoms with van der Waals surface area (Å²) < 4.78 is 16.9. The zero-order valence-corrected chi connectivity index (χ0v) is 44.9. The third kappa shape index (κ3) is 54.4. The van der Waals surface area contributed by atoms with Crippen molar-refractivity contribution in [1.82, 2.24) is 0 Å². The Kier molecular flexibility index (Phi) is 54.2. The maximum Gasteiger partial charge on any atom is 0.306 e. The molecule has 0 rings (SSSR count). The van der Waals surface area contributed by atoms with E-state index < -0.39 is 6.10 Å². The fraction of sp³-hybridized carbons (Fsp3) is 0.852. The molecule has 0 radical (unpaired) electrons. The van der Waals surface area contributed by atoms with E-state index in [0.717, 1.165) is 83.5 Å². The molecule has 67 heavy (non-hydrogen) atoms. The summed E-state index contributed by atoms with van der Waals surface area (Å²) in [7, 11) is 0. The van der Waals surface area contributed by atoms with Crippen molar-refractivity contribution in [3.05, 3.63) is 36.5 Å². The predicted molar refractivity (Wildman–Crippen MR) is 289 cm³/mol. The third-order valence-corrected chi connectivity index (χ3v) is 13.1. The number of allylic oxidation sites excluding steroid dienone is 6. The molecule has 0 aromatic heterocycles. The van der Waals surface area contributed by atoms with Crippen LogP contribution in [0.25, 0.3) is 0 Å². The molecule has 0 aromatic carbocycles. The van der Waals surface area contributed by atoms with Gasteiger partial charge in [-0.1, -0.05) is 276 Å². The van der Waals surface area contributed by atoms with Crippen LogP contribution in [0.3, 0.4) is 0 Å². The minimum Gasteiger partial charge on any atom is -0.462 e. The van der Waals surface area contributed by atoms with E-state index in [1.54, 1.807) is 0 Å². The highest BCUT2D eigenvalue weighted by atomic mass is 16.6. The quantitative estimate of drug-likeness (QED) is 0.0262. The fourth-order valence-corrected chi connectivity index (χ4v) is 8.69. The van der Waals surface area contributed by atoms with Gasteiger partial charge in [0, 0.05) is 19.3 Å². The largest absolute Gasteiger partial charge is 0.462 e. The van der Waals surface area contributed by atoms with E-state index in [-0.39, 0.29) is 31.1 Å². The van der Waals surface area contributed by atoms with Crippen LogP contribution in [0.4, 0.5) is 0 Å². The van der Waals surface area contributed by atoms with Crippen LogP contribution >= 0.6 is 0 Å². The number of unbranched alkanes of at least 4 members (excludes halogenated alkanes) is 37. The van der Waals surface area contributed by atoms with Crippen LogP contribution in [0.5, 0.6) is 0 Å². The first-order valence-corrected chi connectivity index (χ1v) is 29.5. The molecule has 0 fully saturated rings. The first kappa shape index (κ1) is 64.6. The molecule has 0 amide bonds. The molecule has 0 unspecified atom stereocenters. The lowest BCUT2D eigenvalue weighted by atomic mass is 10.0.